The van der Waals surface area contributed by atoms with Gasteiger partial charge in [0, 0.05) is 5.92 Å². The summed E-state index contributed by atoms with van der Waals surface area (Å²) in [7, 11) is 0. The Morgan fingerprint density at radius 1 is 1.57 bits per heavy atom. The van der Waals surface area contributed by atoms with Crippen LogP contribution in [0, 0.1) is 0 Å². The van der Waals surface area contributed by atoms with Crippen molar-refractivity contribution in [1.82, 2.24) is 9.97 Å². The number of nitrogens with zero attached hydrogens (tertiary/aromatic N) is 1. The fourth-order valence-corrected chi connectivity index (χ4v) is 2.10. The van der Waals surface area contributed by atoms with Crippen molar-refractivity contribution in [1.29, 1.82) is 0 Å². The number of halogens is 1. The Kier molecular flexibility index (Phi) is 2.72. The molecule has 76 valence electrons. The normalized spacial score (nSPS) is 16.7. The zero-order chi connectivity index (χ0) is 10.1. The predicted octanol–water partition coefficient (Wildman–Crippen LogP) is 2.36. The largest absolute Gasteiger partial charge is 0.309 e. The van der Waals surface area contributed by atoms with E-state index in [4.69, 9.17) is 0 Å². The molecule has 1 aliphatic carbocycles. The van der Waals surface area contributed by atoms with Crippen LogP contribution in [0.5, 0.6) is 0 Å². The number of aromatic amines is 1. The van der Waals surface area contributed by atoms with Crippen molar-refractivity contribution in [3.63, 3.8) is 0 Å². The minimum Gasteiger partial charge on any atom is -0.309 e. The van der Waals surface area contributed by atoms with Gasteiger partial charge in [0.25, 0.3) is 5.56 Å². The van der Waals surface area contributed by atoms with Gasteiger partial charge in [-0.3, -0.25) is 4.79 Å². The number of hydrogen-bond acceptors (Lipinski definition) is 2. The van der Waals surface area contributed by atoms with Crippen LogP contribution in [-0.4, -0.2) is 9.97 Å². The number of hydrogen-bond donors (Lipinski definition) is 1. The zero-order valence-corrected chi connectivity index (χ0v) is 9.73. The number of H-pyrrole nitrogens is 1. The third-order valence-corrected chi connectivity index (χ3v) is 3.59. The van der Waals surface area contributed by atoms with Crippen molar-refractivity contribution in [3.8, 4) is 0 Å². The molecule has 0 aromatic carbocycles. The maximum atomic E-state index is 11.5. The zero-order valence-electron chi connectivity index (χ0n) is 8.14. The third kappa shape index (κ3) is 1.63. The van der Waals surface area contributed by atoms with E-state index in [1.807, 2.05) is 6.92 Å². The van der Waals surface area contributed by atoms with Gasteiger partial charge in [0.1, 0.15) is 10.3 Å². The highest BCUT2D eigenvalue weighted by molar-refractivity contribution is 9.10. The first kappa shape index (κ1) is 9.90. The Bertz CT molecular complexity index is 396. The van der Waals surface area contributed by atoms with Crippen LogP contribution in [0.2, 0.25) is 0 Å². The Morgan fingerprint density at radius 2 is 2.29 bits per heavy atom. The van der Waals surface area contributed by atoms with Crippen LogP contribution in [0.15, 0.2) is 9.27 Å². The molecule has 1 aromatic heterocycles. The van der Waals surface area contributed by atoms with Crippen molar-refractivity contribution in [2.45, 2.75) is 38.5 Å². The molecule has 0 atom stereocenters. The maximum absolute atomic E-state index is 11.5. The van der Waals surface area contributed by atoms with Crippen LogP contribution in [0.3, 0.4) is 0 Å². The van der Waals surface area contributed by atoms with Gasteiger partial charge in [-0.1, -0.05) is 13.3 Å². The molecule has 3 nitrogen and oxygen atoms in total. The summed E-state index contributed by atoms with van der Waals surface area (Å²) >= 11 is 3.26. The number of aromatic nitrogens is 2. The lowest BCUT2D eigenvalue weighted by molar-refractivity contribution is 0.399. The third-order valence-electron chi connectivity index (χ3n) is 2.78. The Labute approximate surface area is 91.1 Å². The second-order valence-electron chi connectivity index (χ2n) is 3.69. The van der Waals surface area contributed by atoms with Gasteiger partial charge >= 0.3 is 0 Å². The van der Waals surface area contributed by atoms with Gasteiger partial charge in [0.05, 0.1) is 5.69 Å². The lowest BCUT2D eigenvalue weighted by atomic mass is 9.85. The second-order valence-corrected chi connectivity index (χ2v) is 4.49. The summed E-state index contributed by atoms with van der Waals surface area (Å²) in [6, 6.07) is 0. The molecule has 0 unspecified atom stereocenters. The van der Waals surface area contributed by atoms with Crippen molar-refractivity contribution in [2.75, 3.05) is 0 Å². The SMILES string of the molecule is CCc1nc(C2CCC2)[nH]c(=O)c1Br. The van der Waals surface area contributed by atoms with Gasteiger partial charge < -0.3 is 4.98 Å². The topological polar surface area (TPSA) is 45.8 Å². The van der Waals surface area contributed by atoms with E-state index in [1.165, 1.54) is 6.42 Å². The van der Waals surface area contributed by atoms with Crippen LogP contribution < -0.4 is 5.56 Å². The number of aryl methyl sites for hydroxylation is 1. The fraction of sp³-hybridized carbons (Fsp3) is 0.600. The summed E-state index contributed by atoms with van der Waals surface area (Å²) in [4.78, 5) is 18.8. The monoisotopic (exact) mass is 256 g/mol. The smallest absolute Gasteiger partial charge is 0.265 e. The number of rotatable bonds is 2. The summed E-state index contributed by atoms with van der Waals surface area (Å²) in [5.41, 5.74) is 0.828. The van der Waals surface area contributed by atoms with Gasteiger partial charge in [0.2, 0.25) is 0 Å². The van der Waals surface area contributed by atoms with Crippen molar-refractivity contribution >= 4 is 15.9 Å². The molecule has 0 saturated heterocycles. The highest BCUT2D eigenvalue weighted by Gasteiger charge is 2.22. The molecule has 1 fully saturated rings. The molecule has 1 saturated carbocycles. The van der Waals surface area contributed by atoms with Crippen LogP contribution in [-0.2, 0) is 6.42 Å². The number of nitrogens with one attached hydrogen (secondary N) is 1. The lowest BCUT2D eigenvalue weighted by Crippen LogP contribution is -2.21. The van der Waals surface area contributed by atoms with Crippen molar-refractivity contribution in [3.05, 3.63) is 26.3 Å². The summed E-state index contributed by atoms with van der Waals surface area (Å²) in [6.45, 7) is 2.01. The molecular weight excluding hydrogens is 244 g/mol. The standard InChI is InChI=1S/C10H13BrN2O/c1-2-7-8(11)10(14)13-9(12-7)6-4-3-5-6/h6H,2-5H2,1H3,(H,12,13,14). The molecule has 0 aliphatic heterocycles. The van der Waals surface area contributed by atoms with E-state index < -0.39 is 0 Å². The van der Waals surface area contributed by atoms with Crippen LogP contribution in [0.25, 0.3) is 0 Å². The first-order chi connectivity index (χ1) is 6.72. The summed E-state index contributed by atoms with van der Waals surface area (Å²) < 4.78 is 0.586. The van der Waals surface area contributed by atoms with E-state index in [0.717, 1.165) is 30.8 Å². The van der Waals surface area contributed by atoms with E-state index in [0.29, 0.717) is 10.4 Å². The second kappa shape index (κ2) is 3.85. The minimum absolute atomic E-state index is 0.0428. The first-order valence-electron chi connectivity index (χ1n) is 5.01. The molecule has 4 heteroatoms. The quantitative estimate of drug-likeness (QED) is 0.883. The molecule has 0 radical (unpaired) electrons. The van der Waals surface area contributed by atoms with E-state index in [1.54, 1.807) is 0 Å². The molecule has 1 aliphatic rings. The van der Waals surface area contributed by atoms with Crippen LogP contribution >= 0.6 is 15.9 Å². The van der Waals surface area contributed by atoms with Gasteiger partial charge in [-0.25, -0.2) is 4.98 Å². The average molecular weight is 257 g/mol. The highest BCUT2D eigenvalue weighted by atomic mass is 79.9. The Morgan fingerprint density at radius 3 is 2.79 bits per heavy atom. The molecule has 1 heterocycles. The fourth-order valence-electron chi connectivity index (χ4n) is 1.63. The molecule has 2 rings (SSSR count). The van der Waals surface area contributed by atoms with Gasteiger partial charge in [-0.2, -0.15) is 0 Å². The maximum Gasteiger partial charge on any atom is 0.265 e. The van der Waals surface area contributed by atoms with E-state index in [9.17, 15) is 4.79 Å². The molecule has 1 aromatic rings. The average Bonchev–Trinajstić information content (AvgIpc) is 2.08. The minimum atomic E-state index is -0.0428. The van der Waals surface area contributed by atoms with E-state index in [2.05, 4.69) is 25.9 Å². The summed E-state index contributed by atoms with van der Waals surface area (Å²) in [6.07, 6.45) is 4.37. The molecule has 1 N–H and O–H groups in total. The first-order valence-corrected chi connectivity index (χ1v) is 5.80. The molecule has 0 amide bonds. The summed E-state index contributed by atoms with van der Waals surface area (Å²) in [5, 5.41) is 0. The van der Waals surface area contributed by atoms with E-state index in [-0.39, 0.29) is 5.56 Å². The Hall–Kier alpha value is -0.640. The van der Waals surface area contributed by atoms with Crippen LogP contribution in [0.4, 0.5) is 0 Å². The van der Waals surface area contributed by atoms with E-state index >= 15 is 0 Å². The van der Waals surface area contributed by atoms with Crippen molar-refractivity contribution in [2.24, 2.45) is 0 Å². The molecule has 14 heavy (non-hydrogen) atoms. The van der Waals surface area contributed by atoms with Gasteiger partial charge in [0.15, 0.2) is 0 Å². The van der Waals surface area contributed by atoms with Gasteiger partial charge in [-0.05, 0) is 35.2 Å². The lowest BCUT2D eigenvalue weighted by Gasteiger charge is -2.24. The molecule has 0 spiro atoms. The molecular formula is C10H13BrN2O. The Balaban J connectivity index is 2.42. The van der Waals surface area contributed by atoms with Gasteiger partial charge in [-0.15, -0.1) is 0 Å². The predicted molar refractivity (Wildman–Crippen MR) is 58.5 cm³/mol. The van der Waals surface area contributed by atoms with Crippen LogP contribution in [0.1, 0.15) is 43.6 Å². The highest BCUT2D eigenvalue weighted by Crippen LogP contribution is 2.34. The summed E-state index contributed by atoms with van der Waals surface area (Å²) in [5.74, 6) is 1.36. The molecule has 0 bridgehead atoms. The van der Waals surface area contributed by atoms with Crippen molar-refractivity contribution < 1.29 is 0 Å².